The molecule has 0 radical (unpaired) electrons. The van der Waals surface area contributed by atoms with Crippen molar-refractivity contribution in [2.24, 2.45) is 0 Å². The second-order valence-corrected chi connectivity index (χ2v) is 1.94. The van der Waals surface area contributed by atoms with Gasteiger partial charge in [0.05, 0.1) is 0 Å². The van der Waals surface area contributed by atoms with E-state index in [1.807, 2.05) is 5.32 Å². The number of carbonyl (C=O) groups is 2. The van der Waals surface area contributed by atoms with Gasteiger partial charge in [-0.2, -0.15) is 0 Å². The van der Waals surface area contributed by atoms with Gasteiger partial charge in [-0.3, -0.25) is 9.59 Å². The molecular weight excluding hydrogens is 133 g/mol. The van der Waals surface area contributed by atoms with Gasteiger partial charge in [-0.05, 0) is 6.82 Å². The van der Waals surface area contributed by atoms with Gasteiger partial charge < -0.3 is 10.3 Å². The molecule has 5 heteroatoms. The highest BCUT2D eigenvalue weighted by atomic mass is 16.2. The standard InChI is InChI=1S/C5H10BNO3/c1-3-4(8)7-5(9)6(2)10/h10H,3H2,1-2H3,(H,7,8,9). The van der Waals surface area contributed by atoms with Crippen LogP contribution in [0.5, 0.6) is 0 Å². The highest BCUT2D eigenvalue weighted by Crippen LogP contribution is 1.80. The molecule has 0 saturated carbocycles. The van der Waals surface area contributed by atoms with E-state index in [-0.39, 0.29) is 12.3 Å². The zero-order valence-corrected chi connectivity index (χ0v) is 6.05. The molecule has 10 heavy (non-hydrogen) atoms. The smallest absolute Gasteiger partial charge is 0.392 e. The summed E-state index contributed by atoms with van der Waals surface area (Å²) in [6.07, 6.45) is 0.248. The lowest BCUT2D eigenvalue weighted by molar-refractivity contribution is -0.119. The third kappa shape index (κ3) is 3.24. The summed E-state index contributed by atoms with van der Waals surface area (Å²) in [5, 5.41) is 10.6. The SMILES string of the molecule is CCC(=O)NC(=O)B(C)O. The van der Waals surface area contributed by atoms with E-state index in [1.165, 1.54) is 6.82 Å². The van der Waals surface area contributed by atoms with Gasteiger partial charge in [-0.1, -0.05) is 6.92 Å². The van der Waals surface area contributed by atoms with Crippen LogP contribution in [0, 0.1) is 0 Å². The highest BCUT2D eigenvalue weighted by molar-refractivity contribution is 6.83. The first-order valence-electron chi connectivity index (χ1n) is 3.09. The first kappa shape index (κ1) is 9.16. The summed E-state index contributed by atoms with van der Waals surface area (Å²) in [6.45, 7) is 1.82. The summed E-state index contributed by atoms with van der Waals surface area (Å²) in [4.78, 5) is 21.0. The Morgan fingerprint density at radius 3 is 2.40 bits per heavy atom. The van der Waals surface area contributed by atoms with Crippen LogP contribution in [0.25, 0.3) is 0 Å². The minimum atomic E-state index is -1.12. The van der Waals surface area contributed by atoms with Crippen LogP contribution in [0.3, 0.4) is 0 Å². The Bertz CT molecular complexity index is 146. The number of rotatable bonds is 2. The fourth-order valence-corrected chi connectivity index (χ4v) is 0.330. The topological polar surface area (TPSA) is 66.4 Å². The van der Waals surface area contributed by atoms with Gasteiger partial charge >= 0.3 is 6.92 Å². The molecule has 0 aliphatic rings. The van der Waals surface area contributed by atoms with Crippen molar-refractivity contribution >= 4 is 18.6 Å². The number of hydrogen-bond donors (Lipinski definition) is 2. The predicted octanol–water partition coefficient (Wildman–Crippen LogP) is -0.172. The molecule has 0 bridgehead atoms. The van der Waals surface area contributed by atoms with Crippen LogP contribution in [0.4, 0.5) is 4.79 Å². The molecule has 56 valence electrons. The first-order chi connectivity index (χ1) is 4.57. The highest BCUT2D eigenvalue weighted by Gasteiger charge is 2.15. The number of nitrogens with one attached hydrogen (secondary N) is 1. The van der Waals surface area contributed by atoms with Crippen molar-refractivity contribution < 1.29 is 14.6 Å². The molecule has 0 aliphatic carbocycles. The van der Waals surface area contributed by atoms with Crippen LogP contribution in [0.1, 0.15) is 13.3 Å². The van der Waals surface area contributed by atoms with Crippen molar-refractivity contribution in [3.8, 4) is 0 Å². The van der Waals surface area contributed by atoms with Crippen molar-refractivity contribution in [1.29, 1.82) is 0 Å². The zero-order chi connectivity index (χ0) is 8.15. The van der Waals surface area contributed by atoms with Gasteiger partial charge in [-0.25, -0.2) is 0 Å². The van der Waals surface area contributed by atoms with Crippen LogP contribution in [0.15, 0.2) is 0 Å². The van der Waals surface area contributed by atoms with Crippen molar-refractivity contribution in [3.63, 3.8) is 0 Å². The minimum absolute atomic E-state index is 0.248. The van der Waals surface area contributed by atoms with E-state index < -0.39 is 12.7 Å². The lowest BCUT2D eigenvalue weighted by Crippen LogP contribution is -2.38. The summed E-state index contributed by atoms with van der Waals surface area (Å²) >= 11 is 0. The summed E-state index contributed by atoms with van der Waals surface area (Å²) < 4.78 is 0. The van der Waals surface area contributed by atoms with Crippen LogP contribution in [0.2, 0.25) is 6.82 Å². The first-order valence-corrected chi connectivity index (χ1v) is 3.09. The summed E-state index contributed by atoms with van der Waals surface area (Å²) in [5.41, 5.74) is 0. The molecule has 0 heterocycles. The fourth-order valence-electron chi connectivity index (χ4n) is 0.330. The largest absolute Gasteiger partial charge is 0.443 e. The van der Waals surface area contributed by atoms with Gasteiger partial charge in [0.15, 0.2) is 0 Å². The van der Waals surface area contributed by atoms with E-state index in [1.54, 1.807) is 6.92 Å². The van der Waals surface area contributed by atoms with E-state index in [4.69, 9.17) is 5.02 Å². The molecule has 0 unspecified atom stereocenters. The van der Waals surface area contributed by atoms with E-state index in [9.17, 15) is 9.59 Å². The minimum Gasteiger partial charge on any atom is -0.443 e. The molecule has 0 aliphatic heterocycles. The summed E-state index contributed by atoms with van der Waals surface area (Å²) in [6, 6.07) is 0. The number of carbonyl (C=O) groups excluding carboxylic acids is 2. The second-order valence-electron chi connectivity index (χ2n) is 1.94. The fraction of sp³-hybridized carbons (Fsp3) is 0.600. The zero-order valence-electron chi connectivity index (χ0n) is 6.05. The number of hydrogen-bond acceptors (Lipinski definition) is 3. The molecule has 0 spiro atoms. The lowest BCUT2D eigenvalue weighted by Gasteiger charge is -2.00. The molecule has 0 saturated heterocycles. The molecule has 2 N–H and O–H groups in total. The predicted molar refractivity (Wildman–Crippen MR) is 37.7 cm³/mol. The van der Waals surface area contributed by atoms with E-state index in [0.717, 1.165) is 0 Å². The van der Waals surface area contributed by atoms with Crippen molar-refractivity contribution in [2.75, 3.05) is 0 Å². The van der Waals surface area contributed by atoms with Crippen molar-refractivity contribution in [2.45, 2.75) is 20.2 Å². The second kappa shape index (κ2) is 4.06. The number of imide groups is 1. The maximum atomic E-state index is 10.5. The van der Waals surface area contributed by atoms with Crippen LogP contribution in [-0.2, 0) is 4.79 Å². The maximum absolute atomic E-state index is 10.5. The van der Waals surface area contributed by atoms with Crippen molar-refractivity contribution in [1.82, 2.24) is 5.32 Å². The molecule has 2 amide bonds. The Morgan fingerprint density at radius 2 is 2.10 bits per heavy atom. The Hall–Kier alpha value is -0.835. The Morgan fingerprint density at radius 1 is 1.60 bits per heavy atom. The Kier molecular flexibility index (Phi) is 3.72. The molecule has 0 aromatic heterocycles. The molecule has 0 rings (SSSR count). The van der Waals surface area contributed by atoms with E-state index in [0.29, 0.717) is 0 Å². The average molecular weight is 143 g/mol. The molecule has 0 aromatic rings. The normalized spacial score (nSPS) is 8.70. The molecule has 4 nitrogen and oxygen atoms in total. The van der Waals surface area contributed by atoms with Gasteiger partial charge in [0, 0.05) is 6.42 Å². The lowest BCUT2D eigenvalue weighted by atomic mass is 9.71. The summed E-state index contributed by atoms with van der Waals surface area (Å²) in [5.74, 6) is -1.02. The molecule has 0 fully saturated rings. The maximum Gasteiger partial charge on any atom is 0.392 e. The average Bonchev–Trinajstić information content (AvgIpc) is 1.87. The quantitative estimate of drug-likeness (QED) is 0.527. The van der Waals surface area contributed by atoms with E-state index >= 15 is 0 Å². The van der Waals surface area contributed by atoms with Gasteiger partial charge in [0.2, 0.25) is 11.7 Å². The summed E-state index contributed by atoms with van der Waals surface area (Å²) in [7, 11) is 0. The molecule has 0 atom stereocenters. The van der Waals surface area contributed by atoms with Crippen LogP contribution in [-0.4, -0.2) is 23.7 Å². The number of amides is 2. The third-order valence-electron chi connectivity index (χ3n) is 0.963. The molecule has 0 aromatic carbocycles. The van der Waals surface area contributed by atoms with Crippen molar-refractivity contribution in [3.05, 3.63) is 0 Å². The van der Waals surface area contributed by atoms with Crippen LogP contribution < -0.4 is 5.32 Å². The van der Waals surface area contributed by atoms with Gasteiger partial charge in [0.1, 0.15) is 0 Å². The van der Waals surface area contributed by atoms with Gasteiger partial charge in [0.25, 0.3) is 0 Å². The Labute approximate surface area is 59.7 Å². The third-order valence-corrected chi connectivity index (χ3v) is 0.963. The monoisotopic (exact) mass is 143 g/mol. The Balaban J connectivity index is 3.69. The van der Waals surface area contributed by atoms with Crippen LogP contribution >= 0.6 is 0 Å². The molecular formula is C5H10BNO3. The van der Waals surface area contributed by atoms with E-state index in [2.05, 4.69) is 0 Å². The van der Waals surface area contributed by atoms with Gasteiger partial charge in [-0.15, -0.1) is 0 Å².